The standard InChI is InChI=1S/C15H14.C5H13N.C3H9N.H3N/c1-3-7-13(8-4-1)15(11-12-15)14-9-5-2-6-10-14;1-5(2)3-4-6;1-2-3-4;/h1-10H,11-12H2;5H,3-4,6H2,1-2H3;2-4H2,1H3;1H3. The van der Waals surface area contributed by atoms with Gasteiger partial charge in [0.05, 0.1) is 0 Å². The minimum Gasteiger partial charge on any atom is -0.344 e. The summed E-state index contributed by atoms with van der Waals surface area (Å²) in [4.78, 5) is 0. The molecule has 1 fully saturated rings. The molecule has 2 aromatic rings. The molecule has 0 unspecified atom stereocenters. The van der Waals surface area contributed by atoms with Gasteiger partial charge in [-0.05, 0) is 55.8 Å². The Morgan fingerprint density at radius 1 is 0.808 bits per heavy atom. The molecule has 0 spiro atoms. The van der Waals surface area contributed by atoms with Crippen molar-refractivity contribution < 1.29 is 0 Å². The minimum absolute atomic E-state index is 0. The van der Waals surface area contributed by atoms with Gasteiger partial charge in [0, 0.05) is 5.41 Å². The van der Waals surface area contributed by atoms with Crippen molar-refractivity contribution in [2.24, 2.45) is 17.4 Å². The number of nitrogens with two attached hydrogens (primary N) is 2. The molecule has 3 nitrogen and oxygen atoms in total. The van der Waals surface area contributed by atoms with Crippen molar-refractivity contribution in [2.75, 3.05) is 13.1 Å². The van der Waals surface area contributed by atoms with E-state index in [0.29, 0.717) is 5.41 Å². The van der Waals surface area contributed by atoms with Crippen LogP contribution in [0.1, 0.15) is 57.6 Å². The van der Waals surface area contributed by atoms with Crippen LogP contribution in [0.15, 0.2) is 60.7 Å². The van der Waals surface area contributed by atoms with Gasteiger partial charge in [0.1, 0.15) is 0 Å². The molecule has 7 N–H and O–H groups in total. The normalized spacial score (nSPS) is 13.5. The summed E-state index contributed by atoms with van der Waals surface area (Å²) in [5.74, 6) is 0.773. The van der Waals surface area contributed by atoms with Crippen molar-refractivity contribution >= 4 is 0 Å². The Labute approximate surface area is 160 Å². The van der Waals surface area contributed by atoms with Crippen molar-refractivity contribution in [2.45, 2.75) is 51.9 Å². The molecule has 1 aliphatic carbocycles. The first-order valence-corrected chi connectivity index (χ1v) is 9.62. The van der Waals surface area contributed by atoms with Crippen LogP contribution in [0.5, 0.6) is 0 Å². The van der Waals surface area contributed by atoms with E-state index in [-0.39, 0.29) is 6.15 Å². The molecule has 0 bridgehead atoms. The van der Waals surface area contributed by atoms with Crippen molar-refractivity contribution in [1.82, 2.24) is 6.15 Å². The summed E-state index contributed by atoms with van der Waals surface area (Å²) in [7, 11) is 0. The molecule has 0 amide bonds. The lowest BCUT2D eigenvalue weighted by atomic mass is 9.88. The fraction of sp³-hybridized carbons (Fsp3) is 0.478. The first-order valence-electron chi connectivity index (χ1n) is 9.62. The summed E-state index contributed by atoms with van der Waals surface area (Å²) in [5, 5.41) is 0. The highest BCUT2D eigenvalue weighted by Gasteiger charge is 2.45. The Bertz CT molecular complexity index is 505. The van der Waals surface area contributed by atoms with Gasteiger partial charge in [0.2, 0.25) is 0 Å². The van der Waals surface area contributed by atoms with Gasteiger partial charge >= 0.3 is 0 Å². The van der Waals surface area contributed by atoms with Gasteiger partial charge in [0.25, 0.3) is 0 Å². The third-order valence-corrected chi connectivity index (χ3v) is 4.44. The summed E-state index contributed by atoms with van der Waals surface area (Å²) in [6.45, 7) is 8.05. The van der Waals surface area contributed by atoms with Crippen LogP contribution in [0.3, 0.4) is 0 Å². The van der Waals surface area contributed by atoms with Crippen LogP contribution >= 0.6 is 0 Å². The molecule has 0 heterocycles. The Hall–Kier alpha value is -1.68. The highest BCUT2D eigenvalue weighted by molar-refractivity contribution is 5.44. The maximum atomic E-state index is 5.23. The minimum atomic E-state index is 0. The highest BCUT2D eigenvalue weighted by atomic mass is 14.5. The average molecular weight is 358 g/mol. The summed E-state index contributed by atoms with van der Waals surface area (Å²) >= 11 is 0. The predicted molar refractivity (Wildman–Crippen MR) is 116 cm³/mol. The molecule has 0 aliphatic heterocycles. The van der Waals surface area contributed by atoms with Gasteiger partial charge in [-0.15, -0.1) is 0 Å². The van der Waals surface area contributed by atoms with Gasteiger partial charge in [-0.2, -0.15) is 0 Å². The van der Waals surface area contributed by atoms with Crippen LogP contribution in [0, 0.1) is 5.92 Å². The number of rotatable bonds is 5. The molecule has 146 valence electrons. The van der Waals surface area contributed by atoms with E-state index >= 15 is 0 Å². The molecule has 0 saturated heterocycles. The zero-order valence-electron chi connectivity index (χ0n) is 17.0. The van der Waals surface area contributed by atoms with Crippen LogP contribution in [-0.4, -0.2) is 13.1 Å². The maximum absolute atomic E-state index is 5.23. The molecular formula is C23H39N3. The number of hydrogen-bond donors (Lipinski definition) is 3. The van der Waals surface area contributed by atoms with E-state index in [9.17, 15) is 0 Å². The van der Waals surface area contributed by atoms with E-state index in [0.717, 1.165) is 31.8 Å². The summed E-state index contributed by atoms with van der Waals surface area (Å²) < 4.78 is 0. The van der Waals surface area contributed by atoms with Gasteiger partial charge in [0.15, 0.2) is 0 Å². The largest absolute Gasteiger partial charge is 0.344 e. The fourth-order valence-electron chi connectivity index (χ4n) is 2.72. The van der Waals surface area contributed by atoms with E-state index < -0.39 is 0 Å². The van der Waals surface area contributed by atoms with Gasteiger partial charge in [-0.3, -0.25) is 0 Å². The monoisotopic (exact) mass is 357 g/mol. The molecule has 26 heavy (non-hydrogen) atoms. The van der Waals surface area contributed by atoms with Crippen molar-refractivity contribution in [3.05, 3.63) is 71.8 Å². The van der Waals surface area contributed by atoms with E-state index in [1.807, 2.05) is 0 Å². The third-order valence-electron chi connectivity index (χ3n) is 4.44. The van der Waals surface area contributed by atoms with Gasteiger partial charge in [-0.1, -0.05) is 81.4 Å². The fourth-order valence-corrected chi connectivity index (χ4v) is 2.72. The molecule has 1 saturated carbocycles. The zero-order valence-corrected chi connectivity index (χ0v) is 17.0. The Morgan fingerprint density at radius 3 is 1.38 bits per heavy atom. The molecule has 2 aromatic carbocycles. The van der Waals surface area contributed by atoms with Gasteiger partial charge < -0.3 is 17.6 Å². The molecule has 0 aromatic heterocycles. The predicted octanol–water partition coefficient (Wildman–Crippen LogP) is 5.27. The highest BCUT2D eigenvalue weighted by Crippen LogP contribution is 2.53. The SMILES string of the molecule is CC(C)CCN.CCCN.N.c1ccc(C2(c3ccccc3)CC2)cc1. The summed E-state index contributed by atoms with van der Waals surface area (Å²) in [6, 6.07) is 21.7. The molecule has 3 rings (SSSR count). The first-order chi connectivity index (χ1) is 12.1. The molecule has 3 heteroatoms. The Morgan fingerprint density at radius 2 is 1.19 bits per heavy atom. The van der Waals surface area contributed by atoms with Gasteiger partial charge in [-0.25, -0.2) is 0 Å². The van der Waals surface area contributed by atoms with Crippen LogP contribution in [0.25, 0.3) is 0 Å². The van der Waals surface area contributed by atoms with Crippen LogP contribution in [-0.2, 0) is 5.41 Å². The number of hydrogen-bond acceptors (Lipinski definition) is 3. The summed E-state index contributed by atoms with van der Waals surface area (Å²) in [6.07, 6.45) is 4.84. The second-order valence-corrected chi connectivity index (χ2v) is 7.07. The second kappa shape index (κ2) is 13.5. The second-order valence-electron chi connectivity index (χ2n) is 7.07. The lowest BCUT2D eigenvalue weighted by molar-refractivity contribution is 0.596. The molecule has 0 radical (unpaired) electrons. The van der Waals surface area contributed by atoms with Crippen LogP contribution in [0.2, 0.25) is 0 Å². The first kappa shape index (κ1) is 24.3. The quantitative estimate of drug-likeness (QED) is 0.680. The Kier molecular flexibility index (Phi) is 12.6. The van der Waals surface area contributed by atoms with Crippen molar-refractivity contribution in [1.29, 1.82) is 0 Å². The van der Waals surface area contributed by atoms with Crippen LogP contribution in [0.4, 0.5) is 0 Å². The van der Waals surface area contributed by atoms with E-state index in [1.54, 1.807) is 0 Å². The lowest BCUT2D eigenvalue weighted by Crippen LogP contribution is -2.07. The van der Waals surface area contributed by atoms with Crippen molar-refractivity contribution in [3.8, 4) is 0 Å². The average Bonchev–Trinajstić information content (AvgIpc) is 3.46. The molecule has 0 atom stereocenters. The van der Waals surface area contributed by atoms with E-state index in [2.05, 4.69) is 81.4 Å². The van der Waals surface area contributed by atoms with Crippen LogP contribution < -0.4 is 17.6 Å². The maximum Gasteiger partial charge on any atom is 0.0203 e. The Balaban J connectivity index is 0.000000483. The topological polar surface area (TPSA) is 87.0 Å². The summed E-state index contributed by atoms with van der Waals surface area (Å²) in [5.41, 5.74) is 13.5. The van der Waals surface area contributed by atoms with E-state index in [1.165, 1.54) is 24.0 Å². The zero-order chi connectivity index (χ0) is 18.5. The molecular weight excluding hydrogens is 318 g/mol. The molecule has 1 aliphatic rings. The third kappa shape index (κ3) is 8.13. The van der Waals surface area contributed by atoms with E-state index in [4.69, 9.17) is 11.5 Å². The number of benzene rings is 2. The smallest absolute Gasteiger partial charge is 0.0203 e. The van der Waals surface area contributed by atoms with Crippen molar-refractivity contribution in [3.63, 3.8) is 0 Å². The lowest BCUT2D eigenvalue weighted by Gasteiger charge is -2.15.